The lowest BCUT2D eigenvalue weighted by atomic mass is 9.81. The Labute approximate surface area is 142 Å². The average Bonchev–Trinajstić information content (AvgIpc) is 3.00. The number of rotatable bonds is 5. The summed E-state index contributed by atoms with van der Waals surface area (Å²) < 4.78 is 2.54. The van der Waals surface area contributed by atoms with Gasteiger partial charge >= 0.3 is 0 Å². The lowest BCUT2D eigenvalue weighted by molar-refractivity contribution is 0.335. The summed E-state index contributed by atoms with van der Waals surface area (Å²) in [5.41, 5.74) is 1.51. The predicted molar refractivity (Wildman–Crippen MR) is 96.9 cm³/mol. The van der Waals surface area contributed by atoms with Crippen LogP contribution in [0, 0.1) is 5.92 Å². The van der Waals surface area contributed by atoms with Crippen LogP contribution in [0.15, 0.2) is 6.20 Å². The Morgan fingerprint density at radius 2 is 2.00 bits per heavy atom. The number of imidazole rings is 1. The summed E-state index contributed by atoms with van der Waals surface area (Å²) in [5.74, 6) is 3.54. The summed E-state index contributed by atoms with van der Waals surface area (Å²) >= 11 is 0. The molecule has 2 aliphatic rings. The summed E-state index contributed by atoms with van der Waals surface area (Å²) in [6.45, 7) is 9.32. The van der Waals surface area contributed by atoms with E-state index in [0.717, 1.165) is 18.4 Å². The Morgan fingerprint density at radius 3 is 2.65 bits per heavy atom. The van der Waals surface area contributed by atoms with Crippen LogP contribution in [-0.4, -0.2) is 22.1 Å². The predicted octanol–water partition coefficient (Wildman–Crippen LogP) is 4.83. The smallest absolute Gasteiger partial charge is 0.111 e. The van der Waals surface area contributed by atoms with Gasteiger partial charge in [0.1, 0.15) is 5.82 Å². The van der Waals surface area contributed by atoms with Gasteiger partial charge in [0.25, 0.3) is 0 Å². The van der Waals surface area contributed by atoms with Gasteiger partial charge in [-0.25, -0.2) is 4.98 Å². The van der Waals surface area contributed by atoms with Gasteiger partial charge in [-0.15, -0.1) is 0 Å². The van der Waals surface area contributed by atoms with E-state index in [4.69, 9.17) is 4.98 Å². The van der Waals surface area contributed by atoms with Crippen molar-refractivity contribution in [3.63, 3.8) is 0 Å². The molecule has 1 N–H and O–H groups in total. The Kier molecular flexibility index (Phi) is 5.79. The van der Waals surface area contributed by atoms with E-state index < -0.39 is 0 Å². The third-order valence-electron chi connectivity index (χ3n) is 6.16. The molecule has 130 valence electrons. The highest BCUT2D eigenvalue weighted by atomic mass is 15.1. The summed E-state index contributed by atoms with van der Waals surface area (Å²) in [6, 6.07) is 0.694. The highest BCUT2D eigenvalue weighted by molar-refractivity contribution is 5.15. The lowest BCUT2D eigenvalue weighted by Crippen LogP contribution is -2.35. The minimum Gasteiger partial charge on any atom is -0.332 e. The van der Waals surface area contributed by atoms with Crippen molar-refractivity contribution in [2.45, 2.75) is 96.6 Å². The minimum atomic E-state index is 0.557. The van der Waals surface area contributed by atoms with Crippen LogP contribution in [0.4, 0.5) is 0 Å². The molecular weight excluding hydrogens is 282 g/mol. The van der Waals surface area contributed by atoms with Crippen LogP contribution in [0.25, 0.3) is 0 Å². The molecule has 1 saturated heterocycles. The van der Waals surface area contributed by atoms with Crippen LogP contribution in [0.1, 0.15) is 95.5 Å². The van der Waals surface area contributed by atoms with Crippen molar-refractivity contribution in [2.24, 2.45) is 5.92 Å². The standard InChI is InChI=1S/C20H35N3/c1-4-23-19(17-10-8-15(2)9-11-17)14-22-20(23)16(3)13-18-7-5-6-12-21-18/h14-18,21H,4-13H2,1-3H3/t15?,16-,17?,18?/m0/s1. The Balaban J connectivity index is 1.69. The van der Waals surface area contributed by atoms with Gasteiger partial charge in [-0.2, -0.15) is 0 Å². The maximum absolute atomic E-state index is 4.88. The SMILES string of the molecule is CCn1c(C2CCC(C)CC2)cnc1[C@@H](C)CC1CCCCN1. The molecule has 0 radical (unpaired) electrons. The van der Waals surface area contributed by atoms with Gasteiger partial charge in [0, 0.05) is 36.3 Å². The van der Waals surface area contributed by atoms with E-state index in [1.165, 1.54) is 69.4 Å². The normalized spacial score (nSPS) is 30.3. The van der Waals surface area contributed by atoms with Crippen LogP contribution < -0.4 is 5.32 Å². The highest BCUT2D eigenvalue weighted by Crippen LogP contribution is 2.37. The Morgan fingerprint density at radius 1 is 1.22 bits per heavy atom. The molecule has 23 heavy (non-hydrogen) atoms. The molecule has 0 amide bonds. The van der Waals surface area contributed by atoms with Gasteiger partial charge in [-0.05, 0) is 51.5 Å². The Hall–Kier alpha value is -0.830. The third-order valence-corrected chi connectivity index (χ3v) is 6.16. The van der Waals surface area contributed by atoms with Crippen molar-refractivity contribution in [3.8, 4) is 0 Å². The molecule has 3 heteroatoms. The number of aromatic nitrogens is 2. The summed E-state index contributed by atoms with van der Waals surface area (Å²) in [5, 5.41) is 3.70. The zero-order valence-corrected chi connectivity index (χ0v) is 15.4. The quantitative estimate of drug-likeness (QED) is 0.842. The molecule has 0 bridgehead atoms. The van der Waals surface area contributed by atoms with Crippen molar-refractivity contribution in [1.29, 1.82) is 0 Å². The fourth-order valence-electron chi connectivity index (χ4n) is 4.68. The van der Waals surface area contributed by atoms with Crippen LogP contribution >= 0.6 is 0 Å². The number of nitrogens with zero attached hydrogens (tertiary/aromatic N) is 2. The zero-order chi connectivity index (χ0) is 16.2. The van der Waals surface area contributed by atoms with E-state index in [1.54, 1.807) is 0 Å². The van der Waals surface area contributed by atoms with E-state index in [-0.39, 0.29) is 0 Å². The second-order valence-corrected chi connectivity index (χ2v) is 8.03. The van der Waals surface area contributed by atoms with Gasteiger partial charge in [0.05, 0.1) is 0 Å². The van der Waals surface area contributed by atoms with Gasteiger partial charge in [0.15, 0.2) is 0 Å². The molecule has 2 heterocycles. The second kappa shape index (κ2) is 7.83. The number of nitrogens with one attached hydrogen (secondary N) is 1. The molecule has 2 fully saturated rings. The van der Waals surface area contributed by atoms with Crippen LogP contribution in [0.5, 0.6) is 0 Å². The van der Waals surface area contributed by atoms with Crippen molar-refractivity contribution in [2.75, 3.05) is 6.54 Å². The van der Waals surface area contributed by atoms with Gasteiger partial charge in [-0.3, -0.25) is 0 Å². The zero-order valence-electron chi connectivity index (χ0n) is 15.4. The first-order valence-corrected chi connectivity index (χ1v) is 9.97. The topological polar surface area (TPSA) is 29.9 Å². The molecule has 0 aromatic carbocycles. The largest absolute Gasteiger partial charge is 0.332 e. The molecule has 1 aromatic heterocycles. The van der Waals surface area contributed by atoms with Crippen LogP contribution in [-0.2, 0) is 6.54 Å². The lowest BCUT2D eigenvalue weighted by Gasteiger charge is -2.28. The fourth-order valence-corrected chi connectivity index (χ4v) is 4.68. The molecule has 1 aromatic rings. The number of hydrogen-bond acceptors (Lipinski definition) is 2. The molecule has 3 nitrogen and oxygen atoms in total. The van der Waals surface area contributed by atoms with E-state index in [9.17, 15) is 0 Å². The summed E-state index contributed by atoms with van der Waals surface area (Å²) in [7, 11) is 0. The van der Waals surface area contributed by atoms with Crippen molar-refractivity contribution in [1.82, 2.24) is 14.9 Å². The average molecular weight is 318 g/mol. The monoisotopic (exact) mass is 317 g/mol. The molecular formula is C20H35N3. The fraction of sp³-hybridized carbons (Fsp3) is 0.850. The number of hydrogen-bond donors (Lipinski definition) is 1. The Bertz CT molecular complexity index is 479. The molecule has 3 rings (SSSR count). The van der Waals surface area contributed by atoms with Crippen molar-refractivity contribution >= 4 is 0 Å². The second-order valence-electron chi connectivity index (χ2n) is 8.03. The molecule has 1 aliphatic heterocycles. The third kappa shape index (κ3) is 3.99. The molecule has 1 saturated carbocycles. The van der Waals surface area contributed by atoms with Crippen LogP contribution in [0.3, 0.4) is 0 Å². The first-order valence-electron chi connectivity index (χ1n) is 9.97. The number of piperidine rings is 1. The van der Waals surface area contributed by atoms with Gasteiger partial charge in [-0.1, -0.05) is 33.1 Å². The minimum absolute atomic E-state index is 0.557. The molecule has 1 aliphatic carbocycles. The maximum atomic E-state index is 4.88. The van der Waals surface area contributed by atoms with Crippen molar-refractivity contribution in [3.05, 3.63) is 17.7 Å². The van der Waals surface area contributed by atoms with E-state index in [1.807, 2.05) is 0 Å². The van der Waals surface area contributed by atoms with E-state index >= 15 is 0 Å². The van der Waals surface area contributed by atoms with E-state index in [0.29, 0.717) is 12.0 Å². The molecule has 2 atom stereocenters. The van der Waals surface area contributed by atoms with Crippen molar-refractivity contribution < 1.29 is 0 Å². The van der Waals surface area contributed by atoms with Crippen LogP contribution in [0.2, 0.25) is 0 Å². The molecule has 0 spiro atoms. The summed E-state index contributed by atoms with van der Waals surface area (Å²) in [6.07, 6.45) is 13.0. The molecule has 1 unspecified atom stereocenters. The van der Waals surface area contributed by atoms with E-state index in [2.05, 4.69) is 36.9 Å². The first kappa shape index (κ1) is 17.0. The van der Waals surface area contributed by atoms with Gasteiger partial charge < -0.3 is 9.88 Å². The first-order chi connectivity index (χ1) is 11.2. The van der Waals surface area contributed by atoms with Gasteiger partial charge in [0.2, 0.25) is 0 Å². The summed E-state index contributed by atoms with van der Waals surface area (Å²) in [4.78, 5) is 4.88. The highest BCUT2D eigenvalue weighted by Gasteiger charge is 2.26. The maximum Gasteiger partial charge on any atom is 0.111 e.